The number of rotatable bonds is 5. The highest BCUT2D eigenvalue weighted by molar-refractivity contribution is 5.89. The van der Waals surface area contributed by atoms with Crippen molar-refractivity contribution in [3.8, 4) is 11.6 Å². The third kappa shape index (κ3) is 5.21. The van der Waals surface area contributed by atoms with E-state index in [4.69, 9.17) is 14.9 Å². The second-order valence-electron chi connectivity index (χ2n) is 6.40. The maximum atomic E-state index is 14.1. The fraction of sp³-hybridized carbons (Fsp3) is 0.190. The van der Waals surface area contributed by atoms with E-state index in [1.165, 1.54) is 6.07 Å². The molecule has 1 atom stereocenters. The Hall–Kier alpha value is -3.72. The first-order chi connectivity index (χ1) is 14.5. The molecule has 1 aliphatic rings. The van der Waals surface area contributed by atoms with Gasteiger partial charge in [-0.1, -0.05) is 24.3 Å². The first kappa shape index (κ1) is 21.0. The van der Waals surface area contributed by atoms with E-state index in [9.17, 15) is 14.0 Å². The lowest BCUT2D eigenvalue weighted by molar-refractivity contribution is -0.134. The van der Waals surface area contributed by atoms with E-state index in [-0.39, 0.29) is 12.0 Å². The van der Waals surface area contributed by atoms with Crippen molar-refractivity contribution in [1.82, 2.24) is 15.1 Å². The number of aliphatic carboxylic acids is 2. The van der Waals surface area contributed by atoms with E-state index in [0.717, 1.165) is 30.3 Å². The average molecular weight is 413 g/mol. The van der Waals surface area contributed by atoms with Crippen LogP contribution < -0.4 is 10.1 Å². The lowest BCUT2D eigenvalue weighted by Gasteiger charge is -2.11. The summed E-state index contributed by atoms with van der Waals surface area (Å²) in [6, 6.07) is 14.3. The number of nitrogens with zero attached hydrogens (tertiary/aromatic N) is 2. The zero-order chi connectivity index (χ0) is 21.5. The number of aromatic nitrogens is 2. The molecule has 156 valence electrons. The lowest BCUT2D eigenvalue weighted by atomic mass is 10.2. The summed E-state index contributed by atoms with van der Waals surface area (Å²) in [6.07, 6.45) is 3.15. The third-order valence-corrected chi connectivity index (χ3v) is 4.27. The molecular formula is C21H20FN3O5. The number of hydrogen-bond donors (Lipinski definition) is 3. The molecule has 2 heterocycles. The number of nitrogens with one attached hydrogen (secondary N) is 1. The van der Waals surface area contributed by atoms with Gasteiger partial charge in [-0.05, 0) is 43.7 Å². The van der Waals surface area contributed by atoms with Crippen LogP contribution in [-0.4, -0.2) is 44.7 Å². The van der Waals surface area contributed by atoms with E-state index in [1.807, 2.05) is 24.3 Å². The van der Waals surface area contributed by atoms with Crippen LogP contribution in [0.25, 0.3) is 16.6 Å². The van der Waals surface area contributed by atoms with Gasteiger partial charge in [0, 0.05) is 12.2 Å². The van der Waals surface area contributed by atoms with Crippen LogP contribution in [0, 0.1) is 5.82 Å². The summed E-state index contributed by atoms with van der Waals surface area (Å²) in [5.41, 5.74) is 1.26. The molecule has 1 aromatic heterocycles. The summed E-state index contributed by atoms with van der Waals surface area (Å²) in [5, 5.41) is 24.3. The largest absolute Gasteiger partial charge is 0.478 e. The Morgan fingerprint density at radius 2 is 1.77 bits per heavy atom. The molecule has 0 unspecified atom stereocenters. The molecule has 2 aromatic carbocycles. The summed E-state index contributed by atoms with van der Waals surface area (Å²) >= 11 is 0. The molecule has 0 aliphatic carbocycles. The Morgan fingerprint density at radius 3 is 2.40 bits per heavy atom. The molecule has 1 saturated heterocycles. The van der Waals surface area contributed by atoms with E-state index in [1.54, 1.807) is 22.9 Å². The molecule has 4 rings (SSSR count). The van der Waals surface area contributed by atoms with Crippen molar-refractivity contribution in [3.63, 3.8) is 0 Å². The van der Waals surface area contributed by atoms with Crippen LogP contribution in [0.2, 0.25) is 0 Å². The van der Waals surface area contributed by atoms with Gasteiger partial charge < -0.3 is 14.9 Å². The van der Waals surface area contributed by atoms with Gasteiger partial charge >= 0.3 is 11.9 Å². The molecule has 0 saturated carbocycles. The normalized spacial score (nSPS) is 15.7. The average Bonchev–Trinajstić information content (AvgIpc) is 3.36. The van der Waals surface area contributed by atoms with Crippen LogP contribution in [0.3, 0.4) is 0 Å². The van der Waals surface area contributed by atoms with E-state index < -0.39 is 11.9 Å². The zero-order valence-electron chi connectivity index (χ0n) is 15.9. The van der Waals surface area contributed by atoms with Gasteiger partial charge in [-0.2, -0.15) is 0 Å². The van der Waals surface area contributed by atoms with Gasteiger partial charge in [0.05, 0.1) is 10.9 Å². The van der Waals surface area contributed by atoms with Crippen LogP contribution in [-0.2, 0) is 9.59 Å². The highest BCUT2D eigenvalue weighted by Crippen LogP contribution is 2.29. The van der Waals surface area contributed by atoms with Crippen molar-refractivity contribution >= 4 is 22.8 Å². The minimum absolute atomic E-state index is 0.0209. The molecule has 1 aliphatic heterocycles. The molecule has 3 N–H and O–H groups in total. The van der Waals surface area contributed by atoms with Crippen molar-refractivity contribution in [2.75, 3.05) is 6.54 Å². The number of carboxylic acids is 2. The number of hydrogen-bond acceptors (Lipinski definition) is 5. The molecule has 8 nitrogen and oxygen atoms in total. The molecule has 30 heavy (non-hydrogen) atoms. The molecule has 0 amide bonds. The fourth-order valence-electron chi connectivity index (χ4n) is 2.96. The number of carboxylic acid groups (broad SMARTS) is 2. The van der Waals surface area contributed by atoms with Gasteiger partial charge in [0.25, 0.3) is 0 Å². The van der Waals surface area contributed by atoms with Crippen molar-refractivity contribution in [3.05, 3.63) is 66.5 Å². The van der Waals surface area contributed by atoms with Gasteiger partial charge in [0.1, 0.15) is 11.5 Å². The van der Waals surface area contributed by atoms with Gasteiger partial charge in [-0.3, -0.25) is 5.32 Å². The molecule has 0 radical (unpaired) electrons. The van der Waals surface area contributed by atoms with E-state index >= 15 is 0 Å². The van der Waals surface area contributed by atoms with E-state index in [2.05, 4.69) is 10.4 Å². The fourth-order valence-corrected chi connectivity index (χ4v) is 2.96. The van der Waals surface area contributed by atoms with Crippen LogP contribution in [0.4, 0.5) is 4.39 Å². The molecular weight excluding hydrogens is 393 g/mol. The highest BCUT2D eigenvalue weighted by Gasteiger charge is 2.20. The van der Waals surface area contributed by atoms with Crippen molar-refractivity contribution in [2.24, 2.45) is 0 Å². The van der Waals surface area contributed by atoms with Crippen molar-refractivity contribution in [1.29, 1.82) is 0 Å². The number of para-hydroxylation sites is 2. The SMILES string of the molecule is Fc1ccccc1-n1nc(O[C@@H]2CCCN2)c2ccccc21.O=C(O)C=CC(=O)O. The number of fused-ring (bicyclic) bond motifs is 1. The molecule has 0 bridgehead atoms. The molecule has 9 heteroatoms. The summed E-state index contributed by atoms with van der Waals surface area (Å²) in [5.74, 6) is -2.28. The second-order valence-corrected chi connectivity index (χ2v) is 6.40. The Morgan fingerprint density at radius 1 is 1.10 bits per heavy atom. The van der Waals surface area contributed by atoms with Crippen LogP contribution >= 0.6 is 0 Å². The minimum Gasteiger partial charge on any atom is -0.478 e. The zero-order valence-corrected chi connectivity index (χ0v) is 15.9. The van der Waals surface area contributed by atoms with E-state index in [0.29, 0.717) is 23.7 Å². The summed E-state index contributed by atoms with van der Waals surface area (Å²) < 4.78 is 21.7. The summed E-state index contributed by atoms with van der Waals surface area (Å²) in [6.45, 7) is 0.955. The monoisotopic (exact) mass is 413 g/mol. The van der Waals surface area contributed by atoms with Crippen LogP contribution in [0.5, 0.6) is 5.88 Å². The Labute approximate surface area is 171 Å². The maximum Gasteiger partial charge on any atom is 0.328 e. The smallest absolute Gasteiger partial charge is 0.328 e. The van der Waals surface area contributed by atoms with Gasteiger partial charge in [0.2, 0.25) is 5.88 Å². The Kier molecular flexibility index (Phi) is 6.76. The van der Waals surface area contributed by atoms with Gasteiger partial charge in [-0.15, -0.1) is 5.10 Å². The third-order valence-electron chi connectivity index (χ3n) is 4.27. The summed E-state index contributed by atoms with van der Waals surface area (Å²) in [7, 11) is 0. The molecule has 3 aromatic rings. The topological polar surface area (TPSA) is 114 Å². The van der Waals surface area contributed by atoms with Gasteiger partial charge in [0.15, 0.2) is 6.23 Å². The second kappa shape index (κ2) is 9.66. The Bertz CT molecular complexity index is 1060. The van der Waals surface area contributed by atoms with Crippen molar-refractivity contribution in [2.45, 2.75) is 19.1 Å². The lowest BCUT2D eigenvalue weighted by Crippen LogP contribution is -2.27. The first-order valence-corrected chi connectivity index (χ1v) is 9.22. The van der Waals surface area contributed by atoms with Crippen molar-refractivity contribution < 1.29 is 28.9 Å². The number of ether oxygens (including phenoxy) is 1. The summed E-state index contributed by atoms with van der Waals surface area (Å²) in [4.78, 5) is 19.1. The first-order valence-electron chi connectivity index (χ1n) is 9.22. The maximum absolute atomic E-state index is 14.1. The number of carbonyl (C=O) groups is 2. The molecule has 1 fully saturated rings. The predicted molar refractivity (Wildman–Crippen MR) is 107 cm³/mol. The predicted octanol–water partition coefficient (Wildman–Crippen LogP) is 2.96. The number of halogens is 1. The quantitative estimate of drug-likeness (QED) is 0.551. The van der Waals surface area contributed by atoms with Gasteiger partial charge in [-0.25, -0.2) is 18.7 Å². The molecule has 0 spiro atoms. The Balaban J connectivity index is 0.000000275. The number of benzene rings is 2. The minimum atomic E-state index is -1.26. The standard InChI is InChI=1S/C17H16FN3O.C4H4O4/c18-13-7-2-4-9-15(13)21-14-8-3-1-6-12(14)17(20-21)22-16-10-5-11-19-16;5-3(6)1-2-4(7)8/h1-4,6-9,16,19H,5,10-11H2;1-2H,(H,5,6)(H,7,8)/t16-;/m1./s1. The highest BCUT2D eigenvalue weighted by atomic mass is 19.1. The van der Waals surface area contributed by atoms with Crippen LogP contribution in [0.1, 0.15) is 12.8 Å². The van der Waals surface area contributed by atoms with Crippen LogP contribution in [0.15, 0.2) is 60.7 Å².